The SMILES string of the molecule is CCNC(=NCCCNC(=O)c1ccccc1)NC1CCN(Cc2ccccc2)CC1. The molecule has 0 aromatic heterocycles. The fraction of sp³-hybridized carbons (Fsp3) is 0.440. The Balaban J connectivity index is 1.36. The van der Waals surface area contributed by atoms with Crippen LogP contribution in [0.3, 0.4) is 0 Å². The predicted molar refractivity (Wildman–Crippen MR) is 127 cm³/mol. The van der Waals surface area contributed by atoms with Gasteiger partial charge in [0, 0.05) is 50.9 Å². The predicted octanol–water partition coefficient (Wildman–Crippen LogP) is 3.03. The van der Waals surface area contributed by atoms with Crippen LogP contribution in [0.25, 0.3) is 0 Å². The van der Waals surface area contributed by atoms with Crippen LogP contribution in [-0.2, 0) is 6.54 Å². The molecule has 0 bridgehead atoms. The van der Waals surface area contributed by atoms with E-state index in [9.17, 15) is 4.79 Å². The van der Waals surface area contributed by atoms with E-state index in [2.05, 4.69) is 58.1 Å². The van der Waals surface area contributed by atoms with E-state index in [0.717, 1.165) is 51.4 Å². The van der Waals surface area contributed by atoms with E-state index >= 15 is 0 Å². The topological polar surface area (TPSA) is 68.8 Å². The number of hydrogen-bond donors (Lipinski definition) is 3. The number of guanidine groups is 1. The zero-order valence-electron chi connectivity index (χ0n) is 18.5. The molecule has 0 radical (unpaired) electrons. The molecule has 3 N–H and O–H groups in total. The van der Waals surface area contributed by atoms with Crippen molar-refractivity contribution in [2.75, 3.05) is 32.7 Å². The molecule has 0 unspecified atom stereocenters. The highest BCUT2D eigenvalue weighted by molar-refractivity contribution is 5.94. The number of hydrogen-bond acceptors (Lipinski definition) is 3. The van der Waals surface area contributed by atoms with Crippen molar-refractivity contribution in [3.05, 3.63) is 71.8 Å². The molecule has 1 amide bonds. The van der Waals surface area contributed by atoms with Gasteiger partial charge in [-0.05, 0) is 43.9 Å². The maximum absolute atomic E-state index is 12.1. The van der Waals surface area contributed by atoms with Gasteiger partial charge in [-0.1, -0.05) is 48.5 Å². The van der Waals surface area contributed by atoms with Gasteiger partial charge >= 0.3 is 0 Å². The van der Waals surface area contributed by atoms with Crippen molar-refractivity contribution in [2.45, 2.75) is 38.8 Å². The third-order valence-electron chi connectivity index (χ3n) is 5.45. The molecule has 3 rings (SSSR count). The zero-order valence-corrected chi connectivity index (χ0v) is 18.5. The summed E-state index contributed by atoms with van der Waals surface area (Å²) in [5.41, 5.74) is 2.07. The number of amides is 1. The summed E-state index contributed by atoms with van der Waals surface area (Å²) in [5, 5.41) is 9.89. The van der Waals surface area contributed by atoms with Gasteiger partial charge < -0.3 is 16.0 Å². The lowest BCUT2D eigenvalue weighted by atomic mass is 10.0. The molecule has 0 saturated carbocycles. The summed E-state index contributed by atoms with van der Waals surface area (Å²) >= 11 is 0. The lowest BCUT2D eigenvalue weighted by molar-refractivity contribution is 0.0953. The Kier molecular flexibility index (Phi) is 9.38. The largest absolute Gasteiger partial charge is 0.357 e. The van der Waals surface area contributed by atoms with Crippen molar-refractivity contribution in [3.63, 3.8) is 0 Å². The summed E-state index contributed by atoms with van der Waals surface area (Å²) in [4.78, 5) is 19.3. The maximum Gasteiger partial charge on any atom is 0.251 e. The van der Waals surface area contributed by atoms with Gasteiger partial charge in [0.15, 0.2) is 5.96 Å². The third-order valence-corrected chi connectivity index (χ3v) is 5.45. The molecule has 2 aromatic carbocycles. The fourth-order valence-corrected chi connectivity index (χ4v) is 3.75. The van der Waals surface area contributed by atoms with Crippen LogP contribution in [0, 0.1) is 0 Å². The number of carbonyl (C=O) groups is 1. The number of likely N-dealkylation sites (tertiary alicyclic amines) is 1. The Morgan fingerprint density at radius 2 is 1.68 bits per heavy atom. The molecule has 1 aliphatic heterocycles. The summed E-state index contributed by atoms with van der Waals surface area (Å²) in [6.45, 7) is 7.43. The first kappa shape index (κ1) is 22.8. The molecule has 0 atom stereocenters. The normalized spacial score (nSPS) is 15.5. The smallest absolute Gasteiger partial charge is 0.251 e. The minimum atomic E-state index is -0.0307. The molecule has 6 heteroatoms. The van der Waals surface area contributed by atoms with E-state index in [1.54, 1.807) is 0 Å². The standard InChI is InChI=1S/C25H35N5O/c1-2-26-25(28-17-9-16-27-24(31)22-12-7-4-8-13-22)29-23-14-18-30(19-15-23)20-21-10-5-3-6-11-21/h3-8,10-13,23H,2,9,14-20H2,1H3,(H,27,31)(H2,26,28,29). The monoisotopic (exact) mass is 421 g/mol. The van der Waals surface area contributed by atoms with Crippen molar-refractivity contribution < 1.29 is 4.79 Å². The summed E-state index contributed by atoms with van der Waals surface area (Å²) in [6.07, 6.45) is 3.04. The Labute approximate surface area is 186 Å². The Hall–Kier alpha value is -2.86. The molecule has 0 aliphatic carbocycles. The molecule has 31 heavy (non-hydrogen) atoms. The Morgan fingerprint density at radius 1 is 1.00 bits per heavy atom. The quantitative estimate of drug-likeness (QED) is 0.331. The molecule has 1 fully saturated rings. The number of nitrogens with one attached hydrogen (secondary N) is 3. The molecule has 6 nitrogen and oxygen atoms in total. The fourth-order valence-electron chi connectivity index (χ4n) is 3.75. The van der Waals surface area contributed by atoms with E-state index in [0.29, 0.717) is 24.7 Å². The second-order valence-corrected chi connectivity index (χ2v) is 7.92. The highest BCUT2D eigenvalue weighted by Gasteiger charge is 2.20. The van der Waals surface area contributed by atoms with Gasteiger partial charge in [0.05, 0.1) is 0 Å². The van der Waals surface area contributed by atoms with Crippen LogP contribution in [0.2, 0.25) is 0 Å². The van der Waals surface area contributed by atoms with Gasteiger partial charge in [-0.25, -0.2) is 0 Å². The summed E-state index contributed by atoms with van der Waals surface area (Å²) in [5.74, 6) is 0.843. The van der Waals surface area contributed by atoms with Crippen LogP contribution in [0.4, 0.5) is 0 Å². The molecule has 1 saturated heterocycles. The Morgan fingerprint density at radius 3 is 2.35 bits per heavy atom. The van der Waals surface area contributed by atoms with Gasteiger partial charge in [-0.15, -0.1) is 0 Å². The summed E-state index contributed by atoms with van der Waals surface area (Å²) < 4.78 is 0. The minimum absolute atomic E-state index is 0.0307. The van der Waals surface area contributed by atoms with Crippen LogP contribution >= 0.6 is 0 Å². The van der Waals surface area contributed by atoms with Gasteiger partial charge in [-0.2, -0.15) is 0 Å². The van der Waals surface area contributed by atoms with E-state index in [-0.39, 0.29) is 5.91 Å². The average molecular weight is 422 g/mol. The number of nitrogens with zero attached hydrogens (tertiary/aromatic N) is 2. The van der Waals surface area contributed by atoms with Gasteiger partial charge in [-0.3, -0.25) is 14.7 Å². The first-order valence-electron chi connectivity index (χ1n) is 11.4. The minimum Gasteiger partial charge on any atom is -0.357 e. The van der Waals surface area contributed by atoms with Crippen molar-refractivity contribution in [2.24, 2.45) is 4.99 Å². The zero-order chi connectivity index (χ0) is 21.7. The van der Waals surface area contributed by atoms with Crippen molar-refractivity contribution >= 4 is 11.9 Å². The van der Waals surface area contributed by atoms with E-state index in [1.807, 2.05) is 30.3 Å². The number of rotatable bonds is 9. The molecule has 166 valence electrons. The molecule has 0 spiro atoms. The molecular weight excluding hydrogens is 386 g/mol. The maximum atomic E-state index is 12.1. The second-order valence-electron chi connectivity index (χ2n) is 7.92. The number of benzene rings is 2. The number of piperidine rings is 1. The summed E-state index contributed by atoms with van der Waals surface area (Å²) in [7, 11) is 0. The molecule has 2 aromatic rings. The van der Waals surface area contributed by atoms with Crippen LogP contribution in [0.5, 0.6) is 0 Å². The van der Waals surface area contributed by atoms with Crippen LogP contribution in [0.1, 0.15) is 42.1 Å². The van der Waals surface area contributed by atoms with Crippen LogP contribution in [0.15, 0.2) is 65.7 Å². The number of aliphatic imine (C=N–C) groups is 1. The van der Waals surface area contributed by atoms with Gasteiger partial charge in [0.25, 0.3) is 5.91 Å². The molecular formula is C25H35N5O. The Bertz CT molecular complexity index is 801. The second kappa shape index (κ2) is 12.7. The van der Waals surface area contributed by atoms with E-state index in [4.69, 9.17) is 4.99 Å². The van der Waals surface area contributed by atoms with Crippen molar-refractivity contribution in [3.8, 4) is 0 Å². The number of carbonyl (C=O) groups excluding carboxylic acids is 1. The summed E-state index contributed by atoms with van der Waals surface area (Å²) in [6, 6.07) is 20.4. The lowest BCUT2D eigenvalue weighted by Gasteiger charge is -2.33. The van der Waals surface area contributed by atoms with Gasteiger partial charge in [0.2, 0.25) is 0 Å². The highest BCUT2D eigenvalue weighted by atomic mass is 16.1. The molecule has 1 heterocycles. The molecule has 1 aliphatic rings. The van der Waals surface area contributed by atoms with Crippen LogP contribution < -0.4 is 16.0 Å². The third kappa shape index (κ3) is 8.06. The van der Waals surface area contributed by atoms with Crippen molar-refractivity contribution in [1.29, 1.82) is 0 Å². The van der Waals surface area contributed by atoms with Crippen molar-refractivity contribution in [1.82, 2.24) is 20.9 Å². The first-order chi connectivity index (χ1) is 15.2. The highest BCUT2D eigenvalue weighted by Crippen LogP contribution is 2.13. The van der Waals surface area contributed by atoms with E-state index in [1.165, 1.54) is 5.56 Å². The lowest BCUT2D eigenvalue weighted by Crippen LogP contribution is -2.48. The average Bonchev–Trinajstić information content (AvgIpc) is 2.81. The van der Waals surface area contributed by atoms with Crippen LogP contribution in [-0.4, -0.2) is 55.5 Å². The van der Waals surface area contributed by atoms with Gasteiger partial charge in [0.1, 0.15) is 0 Å². The van der Waals surface area contributed by atoms with E-state index < -0.39 is 0 Å². The first-order valence-corrected chi connectivity index (χ1v) is 11.4.